The Balaban J connectivity index is 2.05. The van der Waals surface area contributed by atoms with Crippen LogP contribution in [0.1, 0.15) is 37.2 Å². The molecule has 0 aliphatic heterocycles. The lowest BCUT2D eigenvalue weighted by Gasteiger charge is -2.20. The second-order valence-corrected chi connectivity index (χ2v) is 4.86. The van der Waals surface area contributed by atoms with Gasteiger partial charge in [0.05, 0.1) is 5.69 Å². The summed E-state index contributed by atoms with van der Waals surface area (Å²) in [6, 6.07) is 14.3. The first-order valence-electron chi connectivity index (χ1n) is 6.09. The third-order valence-electron chi connectivity index (χ3n) is 2.98. The molecule has 2 nitrogen and oxygen atoms in total. The molecule has 2 atom stereocenters. The molecule has 0 fully saturated rings. The van der Waals surface area contributed by atoms with Gasteiger partial charge in [-0.25, -0.2) is 0 Å². The van der Waals surface area contributed by atoms with E-state index in [1.165, 1.54) is 5.56 Å². The van der Waals surface area contributed by atoms with Crippen molar-refractivity contribution in [1.29, 1.82) is 0 Å². The molecule has 1 N–H and O–H groups in total. The van der Waals surface area contributed by atoms with E-state index in [0.29, 0.717) is 0 Å². The molecule has 0 radical (unpaired) electrons. The van der Waals surface area contributed by atoms with Crippen LogP contribution in [0, 0.1) is 0 Å². The van der Waals surface area contributed by atoms with Crippen LogP contribution in [0.25, 0.3) is 0 Å². The predicted octanol–water partition coefficient (Wildman–Crippen LogP) is 4.15. The van der Waals surface area contributed by atoms with Crippen molar-refractivity contribution >= 4 is 11.6 Å². The largest absolute Gasteiger partial charge is 0.302 e. The molecule has 0 saturated carbocycles. The van der Waals surface area contributed by atoms with E-state index in [0.717, 1.165) is 10.7 Å². The van der Waals surface area contributed by atoms with Gasteiger partial charge in [0.1, 0.15) is 0 Å². The summed E-state index contributed by atoms with van der Waals surface area (Å²) < 4.78 is 0. The minimum atomic E-state index is 0.209. The molecule has 0 aliphatic carbocycles. The van der Waals surface area contributed by atoms with Gasteiger partial charge in [-0.2, -0.15) is 0 Å². The van der Waals surface area contributed by atoms with Crippen LogP contribution in [-0.4, -0.2) is 4.98 Å². The zero-order chi connectivity index (χ0) is 13.0. The molecule has 0 saturated heterocycles. The van der Waals surface area contributed by atoms with Crippen molar-refractivity contribution in [3.63, 3.8) is 0 Å². The number of hydrogen-bond acceptors (Lipinski definition) is 2. The summed E-state index contributed by atoms with van der Waals surface area (Å²) in [5.74, 6) is 0. The molecule has 2 aromatic rings. The molecule has 3 heteroatoms. The van der Waals surface area contributed by atoms with Crippen LogP contribution >= 0.6 is 11.6 Å². The highest BCUT2D eigenvalue weighted by Gasteiger charge is 2.11. The van der Waals surface area contributed by atoms with Crippen LogP contribution in [0.15, 0.2) is 48.7 Å². The van der Waals surface area contributed by atoms with Crippen molar-refractivity contribution in [2.75, 3.05) is 0 Å². The van der Waals surface area contributed by atoms with Gasteiger partial charge >= 0.3 is 0 Å². The van der Waals surface area contributed by atoms with Crippen LogP contribution in [0.2, 0.25) is 5.02 Å². The molecule has 0 bridgehead atoms. The average Bonchev–Trinajstić information content (AvgIpc) is 2.39. The van der Waals surface area contributed by atoms with E-state index in [-0.39, 0.29) is 12.1 Å². The summed E-state index contributed by atoms with van der Waals surface area (Å²) in [5, 5.41) is 4.29. The molecule has 0 amide bonds. The Morgan fingerprint density at radius 3 is 2.56 bits per heavy atom. The maximum Gasteiger partial charge on any atom is 0.0570 e. The monoisotopic (exact) mass is 260 g/mol. The average molecular weight is 261 g/mol. The number of nitrogens with zero attached hydrogens (tertiary/aromatic N) is 1. The van der Waals surface area contributed by atoms with Crippen LogP contribution in [-0.2, 0) is 0 Å². The number of aromatic nitrogens is 1. The highest BCUT2D eigenvalue weighted by atomic mass is 35.5. The van der Waals surface area contributed by atoms with Gasteiger partial charge in [0.25, 0.3) is 0 Å². The minimum absolute atomic E-state index is 0.209. The van der Waals surface area contributed by atoms with Gasteiger partial charge in [-0.15, -0.1) is 0 Å². The molecule has 1 aromatic heterocycles. The van der Waals surface area contributed by atoms with Crippen LogP contribution in [0.4, 0.5) is 0 Å². The SMILES string of the molecule is CC(N[C@@H](C)c1cccc(Cl)c1)c1ccccn1. The highest BCUT2D eigenvalue weighted by molar-refractivity contribution is 6.30. The van der Waals surface area contributed by atoms with Crippen LogP contribution < -0.4 is 5.32 Å². The van der Waals surface area contributed by atoms with Crippen molar-refractivity contribution in [2.24, 2.45) is 0 Å². The first kappa shape index (κ1) is 13.1. The van der Waals surface area contributed by atoms with Gasteiger partial charge < -0.3 is 5.32 Å². The Hall–Kier alpha value is -1.38. The lowest BCUT2D eigenvalue weighted by atomic mass is 10.1. The maximum atomic E-state index is 6.00. The van der Waals surface area contributed by atoms with Crippen molar-refractivity contribution in [1.82, 2.24) is 10.3 Å². The number of hydrogen-bond donors (Lipinski definition) is 1. The van der Waals surface area contributed by atoms with Crippen molar-refractivity contribution in [3.05, 3.63) is 64.9 Å². The number of halogens is 1. The van der Waals surface area contributed by atoms with E-state index in [9.17, 15) is 0 Å². The fourth-order valence-corrected chi connectivity index (χ4v) is 2.16. The standard InChI is InChI=1S/C15H17ClN2/c1-11(13-6-5-7-14(16)10-13)18-12(2)15-8-3-4-9-17-15/h3-12,18H,1-2H3/t11-,12?/m0/s1. The number of rotatable bonds is 4. The van der Waals surface area contributed by atoms with Gasteiger partial charge in [-0.3, -0.25) is 4.98 Å². The topological polar surface area (TPSA) is 24.9 Å². The Bertz CT molecular complexity index is 499. The third kappa shape index (κ3) is 3.31. The highest BCUT2D eigenvalue weighted by Crippen LogP contribution is 2.20. The summed E-state index contributed by atoms with van der Waals surface area (Å²) in [7, 11) is 0. The normalized spacial score (nSPS) is 14.2. The molecular weight excluding hydrogens is 244 g/mol. The number of pyridine rings is 1. The molecule has 18 heavy (non-hydrogen) atoms. The number of nitrogens with one attached hydrogen (secondary N) is 1. The fourth-order valence-electron chi connectivity index (χ4n) is 1.96. The summed E-state index contributed by atoms with van der Waals surface area (Å²) in [5.41, 5.74) is 2.23. The molecule has 0 aliphatic rings. The Kier molecular flexibility index (Phi) is 4.34. The van der Waals surface area contributed by atoms with Gasteiger partial charge in [0.15, 0.2) is 0 Å². The quantitative estimate of drug-likeness (QED) is 0.893. The van der Waals surface area contributed by atoms with E-state index >= 15 is 0 Å². The molecule has 2 rings (SSSR count). The predicted molar refractivity (Wildman–Crippen MR) is 75.7 cm³/mol. The first-order chi connectivity index (χ1) is 8.66. The summed E-state index contributed by atoms with van der Waals surface area (Å²) >= 11 is 6.00. The summed E-state index contributed by atoms with van der Waals surface area (Å²) in [6.07, 6.45) is 1.82. The maximum absolute atomic E-state index is 6.00. The fraction of sp³-hybridized carbons (Fsp3) is 0.267. The second kappa shape index (κ2) is 5.98. The number of benzene rings is 1. The lowest BCUT2D eigenvalue weighted by Crippen LogP contribution is -2.23. The molecule has 1 heterocycles. The molecular formula is C15H17ClN2. The summed E-state index contributed by atoms with van der Waals surface area (Å²) in [6.45, 7) is 4.24. The van der Waals surface area contributed by atoms with E-state index < -0.39 is 0 Å². The van der Waals surface area contributed by atoms with Crippen LogP contribution in [0.3, 0.4) is 0 Å². The third-order valence-corrected chi connectivity index (χ3v) is 3.22. The second-order valence-electron chi connectivity index (χ2n) is 4.42. The van der Waals surface area contributed by atoms with Crippen molar-refractivity contribution in [2.45, 2.75) is 25.9 Å². The van der Waals surface area contributed by atoms with Gasteiger partial charge in [0, 0.05) is 23.3 Å². The van der Waals surface area contributed by atoms with Gasteiger partial charge in [0.2, 0.25) is 0 Å². The van der Waals surface area contributed by atoms with Crippen molar-refractivity contribution in [3.8, 4) is 0 Å². The van der Waals surface area contributed by atoms with E-state index in [1.807, 2.05) is 42.6 Å². The van der Waals surface area contributed by atoms with E-state index in [1.54, 1.807) is 0 Å². The minimum Gasteiger partial charge on any atom is -0.302 e. The molecule has 94 valence electrons. The van der Waals surface area contributed by atoms with Gasteiger partial charge in [-0.1, -0.05) is 29.8 Å². The van der Waals surface area contributed by atoms with Crippen molar-refractivity contribution < 1.29 is 0 Å². The smallest absolute Gasteiger partial charge is 0.0570 e. The molecule has 1 aromatic carbocycles. The van der Waals surface area contributed by atoms with E-state index in [4.69, 9.17) is 11.6 Å². The van der Waals surface area contributed by atoms with Gasteiger partial charge in [-0.05, 0) is 43.7 Å². The van der Waals surface area contributed by atoms with Crippen LogP contribution in [0.5, 0.6) is 0 Å². The first-order valence-corrected chi connectivity index (χ1v) is 6.47. The molecule has 0 spiro atoms. The summed E-state index contributed by atoms with van der Waals surface area (Å²) in [4.78, 5) is 4.35. The zero-order valence-electron chi connectivity index (χ0n) is 10.6. The Morgan fingerprint density at radius 1 is 1.06 bits per heavy atom. The van der Waals surface area contributed by atoms with E-state index in [2.05, 4.69) is 30.2 Å². The Morgan fingerprint density at radius 2 is 1.89 bits per heavy atom. The zero-order valence-corrected chi connectivity index (χ0v) is 11.4. The lowest BCUT2D eigenvalue weighted by molar-refractivity contribution is 0.486. The molecule has 1 unspecified atom stereocenters. The Labute approximate surface area is 113 Å².